The SMILES string of the molecule is CN(CCO)S(=O)(=O)c1ccccc1C#CCO. The van der Waals surface area contributed by atoms with Gasteiger partial charge in [-0.05, 0) is 12.1 Å². The highest BCUT2D eigenvalue weighted by Gasteiger charge is 2.22. The minimum absolute atomic E-state index is 0.0180. The molecular weight excluding hydrogens is 254 g/mol. The van der Waals surface area contributed by atoms with Gasteiger partial charge in [0.2, 0.25) is 10.0 Å². The van der Waals surface area contributed by atoms with Crippen LogP contribution in [-0.4, -0.2) is 49.7 Å². The van der Waals surface area contributed by atoms with Crippen LogP contribution in [0.1, 0.15) is 5.56 Å². The molecular formula is C12H15NO4S. The lowest BCUT2D eigenvalue weighted by Crippen LogP contribution is -2.30. The van der Waals surface area contributed by atoms with Crippen molar-refractivity contribution in [2.45, 2.75) is 4.90 Å². The Hall–Kier alpha value is -1.39. The van der Waals surface area contributed by atoms with Crippen molar-refractivity contribution in [2.75, 3.05) is 26.8 Å². The number of sulfonamides is 1. The molecule has 0 aliphatic heterocycles. The molecule has 1 aromatic rings. The predicted molar refractivity (Wildman–Crippen MR) is 67.3 cm³/mol. The number of aliphatic hydroxyl groups excluding tert-OH is 2. The monoisotopic (exact) mass is 269 g/mol. The number of benzene rings is 1. The van der Waals surface area contributed by atoms with E-state index in [-0.39, 0.29) is 24.7 Å². The lowest BCUT2D eigenvalue weighted by molar-refractivity contribution is 0.266. The van der Waals surface area contributed by atoms with Crippen molar-refractivity contribution in [1.29, 1.82) is 0 Å². The fraction of sp³-hybridized carbons (Fsp3) is 0.333. The fourth-order valence-electron chi connectivity index (χ4n) is 1.36. The summed E-state index contributed by atoms with van der Waals surface area (Å²) >= 11 is 0. The second-order valence-electron chi connectivity index (χ2n) is 3.51. The molecule has 6 heteroatoms. The van der Waals surface area contributed by atoms with Gasteiger partial charge in [0.05, 0.1) is 11.5 Å². The Morgan fingerprint density at radius 2 is 1.94 bits per heavy atom. The van der Waals surface area contributed by atoms with Crippen molar-refractivity contribution in [1.82, 2.24) is 4.31 Å². The van der Waals surface area contributed by atoms with Crippen LogP contribution < -0.4 is 0 Å². The molecule has 0 amide bonds. The lowest BCUT2D eigenvalue weighted by Gasteiger charge is -2.16. The largest absolute Gasteiger partial charge is 0.395 e. The maximum atomic E-state index is 12.2. The molecule has 5 nitrogen and oxygen atoms in total. The van der Waals surface area contributed by atoms with Crippen LogP contribution in [0.3, 0.4) is 0 Å². The van der Waals surface area contributed by atoms with Gasteiger partial charge in [0.15, 0.2) is 0 Å². The van der Waals surface area contributed by atoms with Gasteiger partial charge in [0.1, 0.15) is 6.61 Å². The molecule has 0 heterocycles. The van der Waals surface area contributed by atoms with Crippen LogP contribution in [0.4, 0.5) is 0 Å². The highest BCUT2D eigenvalue weighted by molar-refractivity contribution is 7.89. The number of hydrogen-bond acceptors (Lipinski definition) is 4. The molecule has 0 aromatic heterocycles. The number of nitrogens with zero attached hydrogens (tertiary/aromatic N) is 1. The standard InChI is InChI=1S/C12H15NO4S/c1-13(8-10-15)18(16,17)12-7-3-2-5-11(12)6-4-9-14/h2-3,5,7,14-15H,8-10H2,1H3. The molecule has 98 valence electrons. The Bertz CT molecular complexity index is 557. The van der Waals surface area contributed by atoms with E-state index in [4.69, 9.17) is 10.2 Å². The summed E-state index contributed by atoms with van der Waals surface area (Å²) < 4.78 is 25.4. The first-order valence-corrected chi connectivity index (χ1v) is 6.74. The van der Waals surface area contributed by atoms with E-state index >= 15 is 0 Å². The lowest BCUT2D eigenvalue weighted by atomic mass is 10.2. The predicted octanol–water partition coefficient (Wildman–Crippen LogP) is -0.357. The van der Waals surface area contributed by atoms with E-state index in [1.165, 1.54) is 13.1 Å². The van der Waals surface area contributed by atoms with Crippen molar-refractivity contribution in [3.63, 3.8) is 0 Å². The Balaban J connectivity index is 3.24. The summed E-state index contributed by atoms with van der Waals surface area (Å²) in [5.41, 5.74) is 0.330. The zero-order valence-electron chi connectivity index (χ0n) is 10.00. The van der Waals surface area contributed by atoms with Gasteiger partial charge in [-0.2, -0.15) is 4.31 Å². The van der Waals surface area contributed by atoms with Crippen molar-refractivity contribution < 1.29 is 18.6 Å². The number of hydrogen-bond donors (Lipinski definition) is 2. The molecule has 0 saturated heterocycles. The number of aliphatic hydroxyl groups is 2. The first-order chi connectivity index (χ1) is 8.54. The van der Waals surface area contributed by atoms with E-state index in [2.05, 4.69) is 11.8 Å². The van der Waals surface area contributed by atoms with Gasteiger partial charge < -0.3 is 10.2 Å². The first-order valence-electron chi connectivity index (χ1n) is 5.30. The highest BCUT2D eigenvalue weighted by atomic mass is 32.2. The zero-order chi connectivity index (χ0) is 13.6. The first kappa shape index (κ1) is 14.7. The zero-order valence-corrected chi connectivity index (χ0v) is 10.8. The highest BCUT2D eigenvalue weighted by Crippen LogP contribution is 2.18. The van der Waals surface area contributed by atoms with E-state index in [1.807, 2.05) is 0 Å². The summed E-state index contributed by atoms with van der Waals surface area (Å²) in [6, 6.07) is 6.29. The Kier molecular flexibility index (Phi) is 5.31. The van der Waals surface area contributed by atoms with Crippen LogP contribution in [0.25, 0.3) is 0 Å². The van der Waals surface area contributed by atoms with E-state index in [0.717, 1.165) is 4.31 Å². The van der Waals surface area contributed by atoms with Crippen LogP contribution in [0.2, 0.25) is 0 Å². The number of rotatable bonds is 4. The molecule has 0 aliphatic carbocycles. The molecule has 2 N–H and O–H groups in total. The quantitative estimate of drug-likeness (QED) is 0.732. The van der Waals surface area contributed by atoms with Crippen LogP contribution in [0, 0.1) is 11.8 Å². The van der Waals surface area contributed by atoms with Crippen LogP contribution in [-0.2, 0) is 10.0 Å². The van der Waals surface area contributed by atoms with Gasteiger partial charge in [-0.3, -0.25) is 0 Å². The van der Waals surface area contributed by atoms with Gasteiger partial charge in [-0.1, -0.05) is 24.0 Å². The van der Waals surface area contributed by atoms with Crippen LogP contribution in [0.5, 0.6) is 0 Å². The maximum Gasteiger partial charge on any atom is 0.244 e. The summed E-state index contributed by atoms with van der Waals surface area (Å²) in [5, 5.41) is 17.4. The van der Waals surface area contributed by atoms with Crippen molar-refractivity contribution in [3.05, 3.63) is 29.8 Å². The third-order valence-electron chi connectivity index (χ3n) is 2.29. The van der Waals surface area contributed by atoms with Gasteiger partial charge >= 0.3 is 0 Å². The summed E-state index contributed by atoms with van der Waals surface area (Å²) in [4.78, 5) is 0.0712. The van der Waals surface area contributed by atoms with Crippen molar-refractivity contribution in [2.24, 2.45) is 0 Å². The minimum atomic E-state index is -3.67. The van der Waals surface area contributed by atoms with E-state index in [1.54, 1.807) is 18.2 Å². The van der Waals surface area contributed by atoms with Gasteiger partial charge in [0.25, 0.3) is 0 Å². The summed E-state index contributed by atoms with van der Waals surface area (Å²) in [6.45, 7) is -0.564. The summed E-state index contributed by atoms with van der Waals surface area (Å²) in [7, 11) is -2.28. The Morgan fingerprint density at radius 1 is 1.28 bits per heavy atom. The molecule has 0 unspecified atom stereocenters. The molecule has 0 atom stereocenters. The fourth-order valence-corrected chi connectivity index (χ4v) is 2.66. The number of likely N-dealkylation sites (N-methyl/N-ethyl adjacent to an activating group) is 1. The van der Waals surface area contributed by atoms with E-state index in [9.17, 15) is 8.42 Å². The maximum absolute atomic E-state index is 12.2. The molecule has 0 fully saturated rings. The van der Waals surface area contributed by atoms with Gasteiger partial charge in [-0.25, -0.2) is 8.42 Å². The molecule has 0 spiro atoms. The van der Waals surface area contributed by atoms with Crippen LogP contribution in [0.15, 0.2) is 29.2 Å². The summed E-state index contributed by atoms with van der Waals surface area (Å²) in [5.74, 6) is 5.02. The minimum Gasteiger partial charge on any atom is -0.395 e. The molecule has 18 heavy (non-hydrogen) atoms. The molecule has 1 aromatic carbocycles. The topological polar surface area (TPSA) is 77.8 Å². The summed E-state index contributed by atoms with van der Waals surface area (Å²) in [6.07, 6.45) is 0. The molecule has 0 saturated carbocycles. The second kappa shape index (κ2) is 6.52. The average Bonchev–Trinajstić information content (AvgIpc) is 2.37. The molecule has 1 rings (SSSR count). The molecule has 0 aliphatic rings. The van der Waals surface area contributed by atoms with Crippen molar-refractivity contribution in [3.8, 4) is 11.8 Å². The third kappa shape index (κ3) is 3.31. The Morgan fingerprint density at radius 3 is 2.56 bits per heavy atom. The van der Waals surface area contributed by atoms with Crippen molar-refractivity contribution >= 4 is 10.0 Å². The van der Waals surface area contributed by atoms with E-state index in [0.29, 0.717) is 5.56 Å². The average molecular weight is 269 g/mol. The van der Waals surface area contributed by atoms with Crippen LogP contribution >= 0.6 is 0 Å². The van der Waals surface area contributed by atoms with E-state index < -0.39 is 10.0 Å². The molecule has 0 bridgehead atoms. The van der Waals surface area contributed by atoms with Gasteiger partial charge in [0, 0.05) is 19.2 Å². The normalized spacial score (nSPS) is 11.1. The smallest absolute Gasteiger partial charge is 0.244 e. The Labute approximate surface area is 107 Å². The molecule has 0 radical (unpaired) electrons. The van der Waals surface area contributed by atoms with Gasteiger partial charge in [-0.15, -0.1) is 0 Å². The third-order valence-corrected chi connectivity index (χ3v) is 4.21. The second-order valence-corrected chi connectivity index (χ2v) is 5.52.